The van der Waals surface area contributed by atoms with Crippen molar-refractivity contribution in [1.29, 1.82) is 0 Å². The van der Waals surface area contributed by atoms with E-state index in [9.17, 15) is 9.59 Å². The number of Topliss-reactive ketones (excluding diaryl/α,β-unsaturated/α-hetero) is 1. The molecule has 30 heavy (non-hydrogen) atoms. The van der Waals surface area contributed by atoms with E-state index in [-0.39, 0.29) is 16.6 Å². The van der Waals surface area contributed by atoms with Crippen LogP contribution in [0.3, 0.4) is 0 Å². The largest absolute Gasteiger partial charge is 0.464 e. The third-order valence-corrected chi connectivity index (χ3v) is 6.04. The Morgan fingerprint density at radius 3 is 2.67 bits per heavy atom. The predicted octanol–water partition coefficient (Wildman–Crippen LogP) is 5.52. The third kappa shape index (κ3) is 3.10. The van der Waals surface area contributed by atoms with E-state index >= 15 is 0 Å². The highest BCUT2D eigenvalue weighted by atomic mass is 35.5. The molecule has 5 nitrogen and oxygen atoms in total. The summed E-state index contributed by atoms with van der Waals surface area (Å²) in [5.41, 5.74) is 2.93. The summed E-state index contributed by atoms with van der Waals surface area (Å²) in [6.07, 6.45) is 3.98. The van der Waals surface area contributed by atoms with Gasteiger partial charge in [0.1, 0.15) is 17.6 Å². The average Bonchev–Trinajstić information content (AvgIpc) is 2.84. The van der Waals surface area contributed by atoms with Crippen LogP contribution in [0.25, 0.3) is 11.0 Å². The van der Waals surface area contributed by atoms with E-state index in [0.717, 1.165) is 17.1 Å². The fourth-order valence-corrected chi connectivity index (χ4v) is 4.66. The monoisotopic (exact) mass is 420 g/mol. The van der Waals surface area contributed by atoms with Crippen LogP contribution in [0.2, 0.25) is 5.02 Å². The van der Waals surface area contributed by atoms with Gasteiger partial charge < -0.3 is 15.1 Å². The molecule has 0 amide bonds. The van der Waals surface area contributed by atoms with Gasteiger partial charge in [-0.1, -0.05) is 43.7 Å². The second-order valence-corrected chi connectivity index (χ2v) is 9.10. The van der Waals surface area contributed by atoms with Crippen LogP contribution in [0.4, 0.5) is 11.4 Å². The van der Waals surface area contributed by atoms with Crippen molar-refractivity contribution in [2.75, 3.05) is 10.6 Å². The Bertz CT molecular complexity index is 1270. The minimum absolute atomic E-state index is 0.0842. The highest BCUT2D eigenvalue weighted by molar-refractivity contribution is 6.31. The zero-order valence-electron chi connectivity index (χ0n) is 16.7. The van der Waals surface area contributed by atoms with Crippen LogP contribution in [-0.2, 0) is 4.79 Å². The molecule has 6 heteroatoms. The summed E-state index contributed by atoms with van der Waals surface area (Å²) in [6, 6.07) is 12.2. The van der Waals surface area contributed by atoms with Gasteiger partial charge in [-0.05, 0) is 35.7 Å². The number of hydrogen-bond acceptors (Lipinski definition) is 5. The lowest BCUT2D eigenvalue weighted by Gasteiger charge is -2.35. The molecule has 2 unspecified atom stereocenters. The average molecular weight is 421 g/mol. The number of hydrogen-bond donors (Lipinski definition) is 2. The number of para-hydroxylation sites is 2. The molecule has 152 valence electrons. The van der Waals surface area contributed by atoms with Crippen molar-refractivity contribution in [1.82, 2.24) is 0 Å². The first-order chi connectivity index (χ1) is 14.3. The lowest BCUT2D eigenvalue weighted by Crippen LogP contribution is -2.38. The number of ketones is 1. The molecule has 0 spiro atoms. The van der Waals surface area contributed by atoms with Gasteiger partial charge in [0, 0.05) is 17.1 Å². The SMILES string of the molecule is CC1(C)C=C2Nc3ccccc3NC(c3coc4ccc(Cl)cc4c3=O)C2C(=O)C1. The van der Waals surface area contributed by atoms with Gasteiger partial charge in [-0.2, -0.15) is 0 Å². The van der Waals surface area contributed by atoms with E-state index in [4.69, 9.17) is 16.0 Å². The minimum Gasteiger partial charge on any atom is -0.464 e. The Hall–Kier alpha value is -3.05. The summed E-state index contributed by atoms with van der Waals surface area (Å²) < 4.78 is 5.77. The van der Waals surface area contributed by atoms with E-state index in [2.05, 4.69) is 16.7 Å². The fourth-order valence-electron chi connectivity index (χ4n) is 4.49. The molecule has 0 bridgehead atoms. The van der Waals surface area contributed by atoms with E-state index < -0.39 is 12.0 Å². The zero-order chi connectivity index (χ0) is 21.0. The van der Waals surface area contributed by atoms with Gasteiger partial charge in [0.05, 0.1) is 34.3 Å². The van der Waals surface area contributed by atoms with Gasteiger partial charge in [-0.15, -0.1) is 0 Å². The van der Waals surface area contributed by atoms with Crippen LogP contribution >= 0.6 is 11.6 Å². The van der Waals surface area contributed by atoms with Crippen LogP contribution in [-0.4, -0.2) is 5.78 Å². The van der Waals surface area contributed by atoms with Crippen molar-refractivity contribution >= 4 is 39.7 Å². The maximum Gasteiger partial charge on any atom is 0.198 e. The van der Waals surface area contributed by atoms with Crippen molar-refractivity contribution in [2.45, 2.75) is 26.3 Å². The van der Waals surface area contributed by atoms with Crippen molar-refractivity contribution in [3.05, 3.63) is 81.3 Å². The maximum absolute atomic E-state index is 13.4. The van der Waals surface area contributed by atoms with E-state index in [0.29, 0.717) is 28.0 Å². The number of rotatable bonds is 1. The van der Waals surface area contributed by atoms with Gasteiger partial charge in [0.25, 0.3) is 0 Å². The molecule has 1 aliphatic carbocycles. The lowest BCUT2D eigenvalue weighted by atomic mass is 9.73. The number of carbonyl (C=O) groups excluding carboxylic acids is 1. The molecule has 0 saturated heterocycles. The van der Waals surface area contributed by atoms with Gasteiger partial charge >= 0.3 is 0 Å². The molecule has 0 fully saturated rings. The Balaban J connectivity index is 1.74. The summed E-state index contributed by atoms with van der Waals surface area (Å²) in [6.45, 7) is 4.09. The fraction of sp³-hybridized carbons (Fsp3) is 0.250. The Morgan fingerprint density at radius 2 is 1.87 bits per heavy atom. The zero-order valence-corrected chi connectivity index (χ0v) is 17.4. The molecule has 1 aromatic heterocycles. The second-order valence-electron chi connectivity index (χ2n) is 8.66. The number of anilines is 2. The molecular weight excluding hydrogens is 400 g/mol. The summed E-state index contributed by atoms with van der Waals surface area (Å²) in [5.74, 6) is -0.439. The summed E-state index contributed by atoms with van der Waals surface area (Å²) in [5, 5.41) is 7.74. The first kappa shape index (κ1) is 18.9. The quantitative estimate of drug-likeness (QED) is 0.542. The number of nitrogens with one attached hydrogen (secondary N) is 2. The molecule has 2 heterocycles. The van der Waals surface area contributed by atoms with Gasteiger partial charge in [-0.3, -0.25) is 9.59 Å². The Morgan fingerprint density at radius 1 is 1.10 bits per heavy atom. The first-order valence-electron chi connectivity index (χ1n) is 9.91. The molecule has 1 aliphatic heterocycles. The molecular formula is C24H21ClN2O3. The summed E-state index contributed by atoms with van der Waals surface area (Å²) in [4.78, 5) is 26.7. The number of benzene rings is 2. The highest BCUT2D eigenvalue weighted by Gasteiger charge is 2.42. The van der Waals surface area contributed by atoms with E-state index in [1.54, 1.807) is 18.2 Å². The molecule has 5 rings (SSSR count). The number of allylic oxidation sites excluding steroid dienone is 1. The number of fused-ring (bicyclic) bond motifs is 3. The topological polar surface area (TPSA) is 71.3 Å². The predicted molar refractivity (Wildman–Crippen MR) is 119 cm³/mol. The molecule has 0 saturated carbocycles. The Kier molecular flexibility index (Phi) is 4.26. The molecule has 2 atom stereocenters. The smallest absolute Gasteiger partial charge is 0.198 e. The molecule has 2 N–H and O–H groups in total. The van der Waals surface area contributed by atoms with Crippen molar-refractivity contribution < 1.29 is 9.21 Å². The normalized spacial score (nSPS) is 22.2. The maximum atomic E-state index is 13.4. The minimum atomic E-state index is -0.560. The van der Waals surface area contributed by atoms with E-state index in [1.165, 1.54) is 6.26 Å². The van der Waals surface area contributed by atoms with Crippen LogP contribution in [0.15, 0.2) is 69.7 Å². The highest BCUT2D eigenvalue weighted by Crippen LogP contribution is 2.44. The van der Waals surface area contributed by atoms with Gasteiger partial charge in [0.2, 0.25) is 0 Å². The summed E-state index contributed by atoms with van der Waals surface area (Å²) >= 11 is 6.12. The number of halogens is 1. The standard InChI is InChI=1S/C24H21ClN2O3/c1-24(2)10-18-21(19(28)11-24)22(27-17-6-4-3-5-16(17)26-18)15-12-30-20-8-7-13(25)9-14(20)23(15)29/h3-10,12,21-22,26-27H,11H2,1-2H3. The van der Waals surface area contributed by atoms with Crippen LogP contribution < -0.4 is 16.1 Å². The van der Waals surface area contributed by atoms with Crippen molar-refractivity contribution in [3.63, 3.8) is 0 Å². The summed E-state index contributed by atoms with van der Waals surface area (Å²) in [7, 11) is 0. The van der Waals surface area contributed by atoms with Gasteiger partial charge in [0.15, 0.2) is 5.43 Å². The first-order valence-corrected chi connectivity index (χ1v) is 10.3. The molecule has 0 radical (unpaired) electrons. The molecule has 2 aromatic carbocycles. The second kappa shape index (κ2) is 6.74. The number of carbonyl (C=O) groups is 1. The van der Waals surface area contributed by atoms with Crippen LogP contribution in [0, 0.1) is 11.3 Å². The van der Waals surface area contributed by atoms with Crippen molar-refractivity contribution in [2.24, 2.45) is 11.3 Å². The third-order valence-electron chi connectivity index (χ3n) is 5.80. The molecule has 3 aromatic rings. The molecule has 2 aliphatic rings. The van der Waals surface area contributed by atoms with Crippen LogP contribution in [0.5, 0.6) is 0 Å². The van der Waals surface area contributed by atoms with E-state index in [1.807, 2.05) is 38.1 Å². The van der Waals surface area contributed by atoms with Crippen LogP contribution in [0.1, 0.15) is 31.9 Å². The Labute approximate surface area is 178 Å². The van der Waals surface area contributed by atoms with Gasteiger partial charge in [-0.25, -0.2) is 0 Å². The lowest BCUT2D eigenvalue weighted by molar-refractivity contribution is -0.124. The van der Waals surface area contributed by atoms with Crippen molar-refractivity contribution in [3.8, 4) is 0 Å².